The van der Waals surface area contributed by atoms with Crippen LogP contribution < -0.4 is 4.74 Å². The van der Waals surface area contributed by atoms with Gasteiger partial charge in [-0.15, -0.1) is 0 Å². The molecule has 0 saturated heterocycles. The van der Waals surface area contributed by atoms with Gasteiger partial charge in [0.05, 0.1) is 23.5 Å². The molecule has 37 heavy (non-hydrogen) atoms. The second-order valence-corrected chi connectivity index (χ2v) is 9.77. The Hall–Kier alpha value is -4.00. The molecule has 7 heteroatoms. The van der Waals surface area contributed by atoms with Gasteiger partial charge in [0.25, 0.3) is 5.91 Å². The summed E-state index contributed by atoms with van der Waals surface area (Å²) in [7, 11) is 0. The van der Waals surface area contributed by atoms with E-state index in [1.165, 1.54) is 24.3 Å². The Morgan fingerprint density at radius 3 is 2.35 bits per heavy atom. The highest BCUT2D eigenvalue weighted by Crippen LogP contribution is 2.37. The zero-order chi connectivity index (χ0) is 25.9. The second kappa shape index (κ2) is 10.5. The third kappa shape index (κ3) is 5.71. The van der Waals surface area contributed by atoms with E-state index in [9.17, 15) is 13.6 Å². The molecule has 1 amide bonds. The van der Waals surface area contributed by atoms with Crippen LogP contribution in [-0.4, -0.2) is 27.1 Å². The smallest absolute Gasteiger partial charge is 0.254 e. The van der Waals surface area contributed by atoms with Crippen molar-refractivity contribution in [2.75, 3.05) is 6.54 Å². The Bertz CT molecular complexity index is 1400. The van der Waals surface area contributed by atoms with E-state index in [0.29, 0.717) is 29.7 Å². The van der Waals surface area contributed by atoms with Gasteiger partial charge in [-0.05, 0) is 67.1 Å². The average Bonchev–Trinajstić information content (AvgIpc) is 3.64. The molecular formula is C30H29F2N3O2. The molecule has 1 aliphatic carbocycles. The lowest BCUT2D eigenvalue weighted by molar-refractivity contribution is 0.0733. The highest BCUT2D eigenvalue weighted by Gasteiger charge is 2.31. The van der Waals surface area contributed by atoms with E-state index in [4.69, 9.17) is 9.84 Å². The number of halogens is 2. The van der Waals surface area contributed by atoms with E-state index in [-0.39, 0.29) is 18.4 Å². The van der Waals surface area contributed by atoms with Crippen LogP contribution in [0.25, 0.3) is 5.69 Å². The normalized spacial score (nSPS) is 13.1. The first kappa shape index (κ1) is 24.7. The summed E-state index contributed by atoms with van der Waals surface area (Å²) in [6, 6.07) is 21.3. The van der Waals surface area contributed by atoms with Gasteiger partial charge in [-0.1, -0.05) is 44.2 Å². The minimum absolute atomic E-state index is 0.0295. The van der Waals surface area contributed by atoms with Gasteiger partial charge in [0, 0.05) is 18.2 Å². The topological polar surface area (TPSA) is 47.4 Å². The van der Waals surface area contributed by atoms with Crippen LogP contribution in [0.1, 0.15) is 54.2 Å². The molecule has 4 aromatic rings. The van der Waals surface area contributed by atoms with E-state index in [1.54, 1.807) is 33.8 Å². The quantitative estimate of drug-likeness (QED) is 0.245. The third-order valence-corrected chi connectivity index (χ3v) is 6.41. The Labute approximate surface area is 215 Å². The molecular weight excluding hydrogens is 472 g/mol. The standard InChI is InChI=1S/C30H29F2N3O2/c1-20(2)28-27(19-34(18-21-14-15-21)29(36)22-8-6-9-23(31)16-22)30(37-26-13-7-10-24(32)17-26)35(33-28)25-11-4-3-5-12-25/h3-13,16-17,20-21H,14-15,18-19H2,1-2H3. The summed E-state index contributed by atoms with van der Waals surface area (Å²) in [6.07, 6.45) is 2.11. The van der Waals surface area contributed by atoms with E-state index in [1.807, 2.05) is 44.2 Å². The summed E-state index contributed by atoms with van der Waals surface area (Å²) in [5.41, 5.74) is 2.61. The molecule has 190 valence electrons. The van der Waals surface area contributed by atoms with Crippen molar-refractivity contribution in [1.82, 2.24) is 14.7 Å². The van der Waals surface area contributed by atoms with Crippen LogP contribution in [0.3, 0.4) is 0 Å². The fourth-order valence-electron chi connectivity index (χ4n) is 4.38. The summed E-state index contributed by atoms with van der Waals surface area (Å²) in [5.74, 6) is 0.0914. The maximum atomic E-state index is 14.0. The van der Waals surface area contributed by atoms with Gasteiger partial charge in [0.2, 0.25) is 5.88 Å². The molecule has 5 nitrogen and oxygen atoms in total. The SMILES string of the molecule is CC(C)c1nn(-c2ccccc2)c(Oc2cccc(F)c2)c1CN(CC1CC1)C(=O)c1cccc(F)c1. The van der Waals surface area contributed by atoms with Crippen molar-refractivity contribution in [1.29, 1.82) is 0 Å². The second-order valence-electron chi connectivity index (χ2n) is 9.77. The Kier molecular flexibility index (Phi) is 7.04. The first-order valence-corrected chi connectivity index (χ1v) is 12.5. The van der Waals surface area contributed by atoms with Crippen molar-refractivity contribution < 1.29 is 18.3 Å². The average molecular weight is 502 g/mol. The van der Waals surface area contributed by atoms with E-state index in [2.05, 4.69) is 0 Å². The number of hydrogen-bond donors (Lipinski definition) is 0. The van der Waals surface area contributed by atoms with Crippen molar-refractivity contribution >= 4 is 5.91 Å². The van der Waals surface area contributed by atoms with Crippen LogP contribution in [0.5, 0.6) is 11.6 Å². The highest BCUT2D eigenvalue weighted by molar-refractivity contribution is 5.94. The molecule has 0 radical (unpaired) electrons. The summed E-state index contributed by atoms with van der Waals surface area (Å²) in [6.45, 7) is 4.86. The molecule has 0 spiro atoms. The first-order valence-electron chi connectivity index (χ1n) is 12.5. The number of benzene rings is 3. The van der Waals surface area contributed by atoms with Crippen LogP contribution in [0.4, 0.5) is 8.78 Å². The lowest BCUT2D eigenvalue weighted by atomic mass is 10.0. The number of para-hydroxylation sites is 1. The van der Waals surface area contributed by atoms with E-state index >= 15 is 0 Å². The Balaban J connectivity index is 1.61. The highest BCUT2D eigenvalue weighted by atomic mass is 19.1. The van der Waals surface area contributed by atoms with E-state index in [0.717, 1.165) is 29.8 Å². The number of aromatic nitrogens is 2. The maximum Gasteiger partial charge on any atom is 0.254 e. The van der Waals surface area contributed by atoms with Crippen molar-refractivity contribution in [3.05, 3.63) is 107 Å². The van der Waals surface area contributed by atoms with E-state index < -0.39 is 11.6 Å². The molecule has 3 aromatic carbocycles. The van der Waals surface area contributed by atoms with Crippen LogP contribution >= 0.6 is 0 Å². The summed E-state index contributed by atoms with van der Waals surface area (Å²) >= 11 is 0. The molecule has 0 bridgehead atoms. The number of carbonyl (C=O) groups excluding carboxylic acids is 1. The lowest BCUT2D eigenvalue weighted by Gasteiger charge is -2.24. The van der Waals surface area contributed by atoms with Crippen molar-refractivity contribution in [3.63, 3.8) is 0 Å². The minimum Gasteiger partial charge on any atom is -0.438 e. The molecule has 0 N–H and O–H groups in total. The van der Waals surface area contributed by atoms with Crippen molar-refractivity contribution in [2.24, 2.45) is 5.92 Å². The van der Waals surface area contributed by atoms with Crippen LogP contribution in [0, 0.1) is 17.6 Å². The third-order valence-electron chi connectivity index (χ3n) is 6.41. The van der Waals surface area contributed by atoms with Crippen molar-refractivity contribution in [2.45, 2.75) is 39.2 Å². The van der Waals surface area contributed by atoms with Crippen LogP contribution in [-0.2, 0) is 6.54 Å². The zero-order valence-corrected chi connectivity index (χ0v) is 20.9. The molecule has 1 saturated carbocycles. The van der Waals surface area contributed by atoms with Gasteiger partial charge in [0.1, 0.15) is 17.4 Å². The largest absolute Gasteiger partial charge is 0.438 e. The number of hydrogen-bond acceptors (Lipinski definition) is 3. The molecule has 1 aromatic heterocycles. The van der Waals surface area contributed by atoms with Crippen LogP contribution in [0.15, 0.2) is 78.9 Å². The summed E-state index contributed by atoms with van der Waals surface area (Å²) < 4.78 is 36.0. The molecule has 0 aliphatic heterocycles. The molecule has 0 unspecified atom stereocenters. The number of nitrogens with zero attached hydrogens (tertiary/aromatic N) is 3. The summed E-state index contributed by atoms with van der Waals surface area (Å²) in [5, 5.41) is 4.89. The molecule has 1 aliphatic rings. The molecule has 0 atom stereocenters. The monoisotopic (exact) mass is 501 g/mol. The lowest BCUT2D eigenvalue weighted by Crippen LogP contribution is -2.33. The zero-order valence-electron chi connectivity index (χ0n) is 20.9. The van der Waals surface area contributed by atoms with Gasteiger partial charge in [-0.2, -0.15) is 5.10 Å². The van der Waals surface area contributed by atoms with Gasteiger partial charge in [0.15, 0.2) is 0 Å². The number of amides is 1. The predicted octanol–water partition coefficient (Wildman–Crippen LogP) is 7.12. The fourth-order valence-corrected chi connectivity index (χ4v) is 4.38. The number of rotatable bonds is 9. The first-order chi connectivity index (χ1) is 17.9. The molecule has 5 rings (SSSR count). The molecule has 1 heterocycles. The predicted molar refractivity (Wildman–Crippen MR) is 138 cm³/mol. The van der Waals surface area contributed by atoms with Gasteiger partial charge < -0.3 is 9.64 Å². The number of ether oxygens (including phenoxy) is 1. The Morgan fingerprint density at radius 1 is 1.00 bits per heavy atom. The van der Waals surface area contributed by atoms with Crippen LogP contribution in [0.2, 0.25) is 0 Å². The number of carbonyl (C=O) groups is 1. The van der Waals surface area contributed by atoms with Gasteiger partial charge in [-0.25, -0.2) is 13.5 Å². The molecule has 1 fully saturated rings. The fraction of sp³-hybridized carbons (Fsp3) is 0.267. The minimum atomic E-state index is -0.452. The van der Waals surface area contributed by atoms with Gasteiger partial charge in [-0.3, -0.25) is 4.79 Å². The van der Waals surface area contributed by atoms with Gasteiger partial charge >= 0.3 is 0 Å². The summed E-state index contributed by atoms with van der Waals surface area (Å²) in [4.78, 5) is 15.3. The Morgan fingerprint density at radius 2 is 1.70 bits per heavy atom. The van der Waals surface area contributed by atoms with Crippen molar-refractivity contribution in [3.8, 4) is 17.3 Å². The maximum absolute atomic E-state index is 14.0.